The molecule has 2 aromatic rings. The second-order valence-electron chi connectivity index (χ2n) is 4.57. The van der Waals surface area contributed by atoms with Crippen LogP contribution >= 0.6 is 0 Å². The lowest BCUT2D eigenvalue weighted by molar-refractivity contribution is -0.306. The molecule has 2 aromatic carbocycles. The van der Waals surface area contributed by atoms with Gasteiger partial charge in [0.05, 0.1) is 5.97 Å². The molecule has 18 heavy (non-hydrogen) atoms. The number of aliphatic carboxylic acids is 1. The Morgan fingerprint density at radius 2 is 1.17 bits per heavy atom. The first-order valence-corrected chi connectivity index (χ1v) is 5.92. The Hall–Kier alpha value is -2.09. The van der Waals surface area contributed by atoms with Gasteiger partial charge in [-0.15, -0.1) is 0 Å². The van der Waals surface area contributed by atoms with Crippen LogP contribution in [-0.4, -0.2) is 5.97 Å². The average molecular weight is 239 g/mol. The number of rotatable bonds is 3. The average Bonchev–Trinajstić information content (AvgIpc) is 2.34. The Morgan fingerprint density at radius 1 is 0.833 bits per heavy atom. The molecule has 0 aliphatic carbocycles. The van der Waals surface area contributed by atoms with Crippen LogP contribution in [-0.2, 0) is 4.79 Å². The van der Waals surface area contributed by atoms with Crippen molar-refractivity contribution in [3.05, 3.63) is 70.8 Å². The Morgan fingerprint density at radius 3 is 1.44 bits per heavy atom. The van der Waals surface area contributed by atoms with Crippen LogP contribution in [0.3, 0.4) is 0 Å². The van der Waals surface area contributed by atoms with Crippen molar-refractivity contribution in [2.45, 2.75) is 19.8 Å². The van der Waals surface area contributed by atoms with Crippen molar-refractivity contribution in [2.24, 2.45) is 0 Å². The van der Waals surface area contributed by atoms with Crippen molar-refractivity contribution in [1.82, 2.24) is 0 Å². The molecule has 92 valence electrons. The summed E-state index contributed by atoms with van der Waals surface area (Å²) in [7, 11) is 0. The monoisotopic (exact) mass is 239 g/mol. The van der Waals surface area contributed by atoms with Crippen molar-refractivity contribution in [1.29, 1.82) is 0 Å². The van der Waals surface area contributed by atoms with E-state index in [2.05, 4.69) is 0 Å². The fourth-order valence-corrected chi connectivity index (χ4v) is 1.98. The van der Waals surface area contributed by atoms with Gasteiger partial charge in [-0.3, -0.25) is 0 Å². The van der Waals surface area contributed by atoms with Gasteiger partial charge in [-0.2, -0.15) is 0 Å². The van der Waals surface area contributed by atoms with Gasteiger partial charge < -0.3 is 9.90 Å². The minimum atomic E-state index is -1.07. The lowest BCUT2D eigenvalue weighted by Gasteiger charge is -2.19. The van der Waals surface area contributed by atoms with Crippen molar-refractivity contribution in [2.75, 3.05) is 0 Å². The minimum absolute atomic E-state index is 0.703. The van der Waals surface area contributed by atoms with E-state index in [0.29, 0.717) is 0 Å². The molecule has 0 amide bonds. The molecule has 0 spiro atoms. The first-order valence-electron chi connectivity index (χ1n) is 5.92. The highest BCUT2D eigenvalue weighted by Gasteiger charge is 2.14. The predicted molar refractivity (Wildman–Crippen MR) is 69.2 cm³/mol. The van der Waals surface area contributed by atoms with Crippen molar-refractivity contribution in [3.8, 4) is 0 Å². The number of carbonyl (C=O) groups is 1. The quantitative estimate of drug-likeness (QED) is 0.823. The molecular weight excluding hydrogens is 224 g/mol. The summed E-state index contributed by atoms with van der Waals surface area (Å²) in [5, 5.41) is 11.4. The van der Waals surface area contributed by atoms with E-state index in [0.717, 1.165) is 22.3 Å². The highest BCUT2D eigenvalue weighted by atomic mass is 16.4. The van der Waals surface area contributed by atoms with Crippen LogP contribution in [0.1, 0.15) is 28.2 Å². The van der Waals surface area contributed by atoms with Gasteiger partial charge in [0.2, 0.25) is 0 Å². The van der Waals surface area contributed by atoms with E-state index in [1.54, 1.807) is 0 Å². The Bertz CT molecular complexity index is 493. The second kappa shape index (κ2) is 5.05. The fraction of sp³-hybridized carbons (Fsp3) is 0.188. The maximum Gasteiger partial charge on any atom is 0.0533 e. The molecule has 2 heteroatoms. The van der Waals surface area contributed by atoms with E-state index in [1.807, 2.05) is 62.4 Å². The maximum absolute atomic E-state index is 11.4. The zero-order valence-electron chi connectivity index (χ0n) is 10.5. The van der Waals surface area contributed by atoms with Gasteiger partial charge in [-0.05, 0) is 25.0 Å². The van der Waals surface area contributed by atoms with E-state index in [-0.39, 0.29) is 0 Å². The number of hydrogen-bond acceptors (Lipinski definition) is 2. The summed E-state index contributed by atoms with van der Waals surface area (Å²) in [4.78, 5) is 11.4. The largest absolute Gasteiger partial charge is 0.549 e. The molecule has 0 heterocycles. The molecule has 0 saturated heterocycles. The Labute approximate surface area is 107 Å². The molecule has 0 atom stereocenters. The highest BCUT2D eigenvalue weighted by Crippen LogP contribution is 2.24. The smallest absolute Gasteiger partial charge is 0.0533 e. The van der Waals surface area contributed by atoms with Gasteiger partial charge in [0, 0.05) is 5.92 Å². The van der Waals surface area contributed by atoms with Crippen LogP contribution in [0.5, 0.6) is 0 Å². The number of benzene rings is 2. The van der Waals surface area contributed by atoms with Crippen LogP contribution in [0.2, 0.25) is 0 Å². The fourth-order valence-electron chi connectivity index (χ4n) is 1.98. The molecule has 0 unspecified atom stereocenters. The SMILES string of the molecule is Cc1ccc(C(C(=O)[O-])c2ccc(C)cc2)cc1. The maximum atomic E-state index is 11.4. The summed E-state index contributed by atoms with van der Waals surface area (Å²) in [5.41, 5.74) is 3.73. The summed E-state index contributed by atoms with van der Waals surface area (Å²) >= 11 is 0. The highest BCUT2D eigenvalue weighted by molar-refractivity contribution is 5.78. The van der Waals surface area contributed by atoms with Crippen molar-refractivity contribution < 1.29 is 9.90 Å². The van der Waals surface area contributed by atoms with Gasteiger partial charge in [0.15, 0.2) is 0 Å². The summed E-state index contributed by atoms with van der Waals surface area (Å²) in [5.74, 6) is -1.77. The van der Waals surface area contributed by atoms with Crippen LogP contribution in [0.25, 0.3) is 0 Å². The van der Waals surface area contributed by atoms with E-state index in [9.17, 15) is 9.90 Å². The molecule has 0 aliphatic heterocycles. The van der Waals surface area contributed by atoms with Gasteiger partial charge in [0.1, 0.15) is 0 Å². The van der Waals surface area contributed by atoms with Gasteiger partial charge >= 0.3 is 0 Å². The summed E-state index contributed by atoms with van der Waals surface area (Å²) in [6.07, 6.45) is 0. The Balaban J connectivity index is 2.43. The van der Waals surface area contributed by atoms with E-state index < -0.39 is 11.9 Å². The topological polar surface area (TPSA) is 40.1 Å². The molecule has 0 radical (unpaired) electrons. The van der Waals surface area contributed by atoms with Gasteiger partial charge in [-0.1, -0.05) is 59.7 Å². The van der Waals surface area contributed by atoms with E-state index in [4.69, 9.17) is 0 Å². The number of aryl methyl sites for hydroxylation is 2. The van der Waals surface area contributed by atoms with Crippen LogP contribution in [0.4, 0.5) is 0 Å². The molecule has 0 bridgehead atoms. The van der Waals surface area contributed by atoms with E-state index >= 15 is 0 Å². The van der Waals surface area contributed by atoms with Crippen molar-refractivity contribution in [3.63, 3.8) is 0 Å². The van der Waals surface area contributed by atoms with Crippen LogP contribution in [0.15, 0.2) is 48.5 Å². The third-order valence-corrected chi connectivity index (χ3v) is 3.06. The lowest BCUT2D eigenvalue weighted by Crippen LogP contribution is -2.30. The normalized spacial score (nSPS) is 10.6. The second-order valence-corrected chi connectivity index (χ2v) is 4.57. The van der Waals surface area contributed by atoms with Crippen LogP contribution in [0, 0.1) is 13.8 Å². The van der Waals surface area contributed by atoms with E-state index in [1.165, 1.54) is 0 Å². The molecule has 0 aliphatic rings. The summed E-state index contributed by atoms with van der Waals surface area (Å²) < 4.78 is 0. The summed E-state index contributed by atoms with van der Waals surface area (Å²) in [6.45, 7) is 3.95. The van der Waals surface area contributed by atoms with Crippen LogP contribution < -0.4 is 5.11 Å². The minimum Gasteiger partial charge on any atom is -0.549 e. The first-order chi connectivity index (χ1) is 8.58. The lowest BCUT2D eigenvalue weighted by atomic mass is 9.90. The molecule has 0 fully saturated rings. The molecule has 0 aromatic heterocycles. The molecule has 2 rings (SSSR count). The third-order valence-electron chi connectivity index (χ3n) is 3.06. The molecule has 0 saturated carbocycles. The first kappa shape index (κ1) is 12.4. The predicted octanol–water partition coefficient (Wildman–Crippen LogP) is 2.19. The van der Waals surface area contributed by atoms with Gasteiger partial charge in [0.25, 0.3) is 0 Å². The Kier molecular flexibility index (Phi) is 3.47. The number of carboxylic acids is 1. The molecule has 2 nitrogen and oxygen atoms in total. The summed E-state index contributed by atoms with van der Waals surface area (Å²) in [6, 6.07) is 15.0. The zero-order valence-corrected chi connectivity index (χ0v) is 10.5. The third kappa shape index (κ3) is 2.59. The standard InChI is InChI=1S/C16H16O2/c1-11-3-7-13(8-4-11)15(16(17)18)14-9-5-12(2)6-10-14/h3-10,15H,1-2H3,(H,17,18)/p-1. The number of carboxylic acid groups (broad SMARTS) is 1. The van der Waals surface area contributed by atoms with Crippen molar-refractivity contribution >= 4 is 5.97 Å². The van der Waals surface area contributed by atoms with Gasteiger partial charge in [-0.25, -0.2) is 0 Å². The molecule has 0 N–H and O–H groups in total. The molecular formula is C16H15O2-. The number of hydrogen-bond donors (Lipinski definition) is 0. The number of carbonyl (C=O) groups excluding carboxylic acids is 1. The zero-order chi connectivity index (χ0) is 13.1.